The summed E-state index contributed by atoms with van der Waals surface area (Å²) < 4.78 is 22.9. The van der Waals surface area contributed by atoms with Crippen LogP contribution in [-0.4, -0.2) is 99.5 Å². The number of methoxy groups -OCH3 is 1. The number of aromatic nitrogens is 2. The van der Waals surface area contributed by atoms with Gasteiger partial charge in [-0.3, -0.25) is 14.9 Å². The van der Waals surface area contributed by atoms with E-state index in [1.54, 1.807) is 64.3 Å². The van der Waals surface area contributed by atoms with Gasteiger partial charge in [0.1, 0.15) is 47.0 Å². The van der Waals surface area contributed by atoms with Crippen LogP contribution in [0.5, 0.6) is 11.5 Å². The quantitative estimate of drug-likeness (QED) is 0.149. The highest BCUT2D eigenvalue weighted by atomic mass is 32.1. The number of amides is 4. The van der Waals surface area contributed by atoms with E-state index in [-0.39, 0.29) is 31.6 Å². The second-order valence-electron chi connectivity index (χ2n) is 16.1. The number of pyridine rings is 1. The van der Waals surface area contributed by atoms with E-state index in [0.717, 1.165) is 25.7 Å². The molecular formula is C40H50N6O10S. The van der Waals surface area contributed by atoms with Crippen LogP contribution >= 0.6 is 11.3 Å². The molecule has 3 fully saturated rings. The number of carboxylic acid groups (broad SMARTS) is 1. The number of alkyl carbamates (subject to hydrolysis) is 1. The second kappa shape index (κ2) is 16.6. The Balaban J connectivity index is 1.31. The Hall–Kier alpha value is -5.45. The van der Waals surface area contributed by atoms with Crippen molar-refractivity contribution in [1.82, 2.24) is 25.5 Å². The van der Waals surface area contributed by atoms with Gasteiger partial charge < -0.3 is 39.6 Å². The standard InChI is InChI=1S/C40H50N6O10S/c1-8-22-18-40(22,35(49)50)45-33(47)30-16-25(19-46(30)34(48)32(39(4,5)6)43-37(51)56-23-11-9-10-12-23)55-31-17-28(41-27-15-24(53-7)13-14-26(27)31)29-20-57-36(42-29)44-38(52)54-21(2)3/h8,13-15,17,20-23,25,30,32H,1,9-12,16,18-19H2,2-7H3,(H,43,51)(H,45,47)(H,49,50)(H,42,44,52)/t22-,25?,30+,32-,40-/m1/s1. The molecule has 6 rings (SSSR count). The molecule has 4 N–H and O–H groups in total. The minimum Gasteiger partial charge on any atom is -0.497 e. The number of carbonyl (C=O) groups excluding carboxylic acids is 4. The van der Waals surface area contributed by atoms with Gasteiger partial charge in [0.25, 0.3) is 0 Å². The molecule has 3 heterocycles. The number of fused-ring (bicyclic) bond motifs is 1. The van der Waals surface area contributed by atoms with E-state index in [1.165, 1.54) is 29.4 Å². The molecule has 1 unspecified atom stereocenters. The summed E-state index contributed by atoms with van der Waals surface area (Å²) in [5, 5.41) is 20.8. The topological polar surface area (TPSA) is 208 Å². The Bertz CT molecular complexity index is 2040. The first-order valence-electron chi connectivity index (χ1n) is 19.1. The van der Waals surface area contributed by atoms with E-state index in [4.69, 9.17) is 23.9 Å². The SMILES string of the molecule is C=C[C@@H]1C[C@]1(NC(=O)[C@@H]1CC(Oc2cc(-c3csc(NC(=O)OC(C)C)n3)nc3cc(OC)ccc23)CN1C(=O)[C@@H](NC(=O)OC1CCCC1)C(C)(C)C)C(=O)O. The zero-order valence-electron chi connectivity index (χ0n) is 33.0. The lowest BCUT2D eigenvalue weighted by Gasteiger charge is -2.35. The minimum absolute atomic E-state index is 0.00739. The molecule has 0 radical (unpaired) electrons. The molecule has 17 heteroatoms. The zero-order valence-corrected chi connectivity index (χ0v) is 33.8. The van der Waals surface area contributed by atoms with Crippen LogP contribution in [0.4, 0.5) is 14.7 Å². The molecule has 0 bridgehead atoms. The van der Waals surface area contributed by atoms with Crippen molar-refractivity contribution < 1.29 is 48.0 Å². The highest BCUT2D eigenvalue weighted by molar-refractivity contribution is 7.14. The van der Waals surface area contributed by atoms with Crippen molar-refractivity contribution in [1.29, 1.82) is 0 Å². The van der Waals surface area contributed by atoms with Gasteiger partial charge >= 0.3 is 18.2 Å². The molecule has 3 aliphatic rings. The van der Waals surface area contributed by atoms with Gasteiger partial charge in [0, 0.05) is 35.2 Å². The lowest BCUT2D eigenvalue weighted by molar-refractivity contribution is -0.146. The van der Waals surface area contributed by atoms with Crippen molar-refractivity contribution in [3.05, 3.63) is 42.3 Å². The molecule has 16 nitrogen and oxygen atoms in total. The third-order valence-electron chi connectivity index (χ3n) is 10.4. The van der Waals surface area contributed by atoms with E-state index >= 15 is 0 Å². The summed E-state index contributed by atoms with van der Waals surface area (Å²) >= 11 is 1.19. The lowest BCUT2D eigenvalue weighted by atomic mass is 9.85. The molecule has 2 aromatic heterocycles. The number of thiazole rings is 1. The van der Waals surface area contributed by atoms with E-state index in [0.29, 0.717) is 38.9 Å². The Morgan fingerprint density at radius 3 is 2.42 bits per heavy atom. The third kappa shape index (κ3) is 9.24. The number of likely N-dealkylation sites (tertiary alicyclic amines) is 1. The van der Waals surface area contributed by atoms with Gasteiger partial charge in [0.2, 0.25) is 11.8 Å². The number of benzene rings is 1. The summed E-state index contributed by atoms with van der Waals surface area (Å²) in [6, 6.07) is 4.72. The zero-order chi connectivity index (χ0) is 41.2. The number of anilines is 1. The van der Waals surface area contributed by atoms with Crippen molar-refractivity contribution in [2.24, 2.45) is 11.3 Å². The van der Waals surface area contributed by atoms with Crippen molar-refractivity contribution in [3.63, 3.8) is 0 Å². The predicted octanol–water partition coefficient (Wildman–Crippen LogP) is 5.90. The maximum atomic E-state index is 14.6. The number of hydrogen-bond donors (Lipinski definition) is 4. The normalized spacial score (nSPS) is 22.4. The van der Waals surface area contributed by atoms with Gasteiger partial charge in [-0.2, -0.15) is 0 Å². The molecule has 1 aliphatic heterocycles. The van der Waals surface area contributed by atoms with Crippen molar-refractivity contribution in [2.75, 3.05) is 19.0 Å². The Labute approximate surface area is 334 Å². The summed E-state index contributed by atoms with van der Waals surface area (Å²) in [5.74, 6) is -1.96. The average Bonchev–Trinajstić information content (AvgIpc) is 3.56. The van der Waals surface area contributed by atoms with Crippen LogP contribution in [0.2, 0.25) is 0 Å². The Kier molecular flexibility index (Phi) is 12.0. The number of carbonyl (C=O) groups is 5. The summed E-state index contributed by atoms with van der Waals surface area (Å²) in [6.07, 6.45) is 2.39. The van der Waals surface area contributed by atoms with Gasteiger partial charge in [-0.05, 0) is 63.5 Å². The number of nitrogens with zero attached hydrogens (tertiary/aromatic N) is 3. The number of ether oxygens (including phenoxy) is 4. The molecular weight excluding hydrogens is 757 g/mol. The molecule has 2 aliphatic carbocycles. The molecule has 5 atom stereocenters. The van der Waals surface area contributed by atoms with Crippen molar-refractivity contribution in [3.8, 4) is 22.9 Å². The van der Waals surface area contributed by atoms with Crippen LogP contribution in [0.3, 0.4) is 0 Å². The summed E-state index contributed by atoms with van der Waals surface area (Å²) in [7, 11) is 1.54. The van der Waals surface area contributed by atoms with Crippen LogP contribution < -0.4 is 25.4 Å². The van der Waals surface area contributed by atoms with E-state index in [9.17, 15) is 29.1 Å². The van der Waals surface area contributed by atoms with Gasteiger partial charge in [0.15, 0.2) is 5.13 Å². The number of carboxylic acids is 1. The third-order valence-corrected chi connectivity index (χ3v) is 11.2. The Morgan fingerprint density at radius 1 is 1.05 bits per heavy atom. The van der Waals surface area contributed by atoms with Gasteiger partial charge in [-0.25, -0.2) is 24.4 Å². The first-order valence-corrected chi connectivity index (χ1v) is 19.9. The van der Waals surface area contributed by atoms with Crippen molar-refractivity contribution in [2.45, 2.75) is 109 Å². The summed E-state index contributed by atoms with van der Waals surface area (Å²) in [4.78, 5) is 77.1. The average molecular weight is 807 g/mol. The highest BCUT2D eigenvalue weighted by Crippen LogP contribution is 2.45. The maximum absolute atomic E-state index is 14.6. The number of hydrogen-bond acceptors (Lipinski definition) is 12. The van der Waals surface area contributed by atoms with Gasteiger partial charge in [-0.15, -0.1) is 17.9 Å². The fraction of sp³-hybridized carbons (Fsp3) is 0.525. The first-order chi connectivity index (χ1) is 27.0. The fourth-order valence-electron chi connectivity index (χ4n) is 7.31. The van der Waals surface area contributed by atoms with Gasteiger partial charge in [-0.1, -0.05) is 26.8 Å². The lowest BCUT2D eigenvalue weighted by Crippen LogP contribution is -2.59. The molecule has 4 amide bonds. The van der Waals surface area contributed by atoms with Crippen LogP contribution in [0.1, 0.15) is 73.1 Å². The van der Waals surface area contributed by atoms with Gasteiger partial charge in [0.05, 0.1) is 31.0 Å². The Morgan fingerprint density at radius 2 is 1.79 bits per heavy atom. The molecule has 3 aromatic rings. The molecule has 306 valence electrons. The van der Waals surface area contributed by atoms with Crippen molar-refractivity contribution >= 4 is 57.3 Å². The fourth-order valence-corrected chi connectivity index (χ4v) is 8.00. The molecule has 0 spiro atoms. The first kappa shape index (κ1) is 41.2. The van der Waals surface area contributed by atoms with E-state index < -0.39 is 65.0 Å². The molecule has 1 aromatic carbocycles. The van der Waals surface area contributed by atoms with E-state index in [2.05, 4.69) is 27.5 Å². The molecule has 2 saturated carbocycles. The molecule has 1 saturated heterocycles. The maximum Gasteiger partial charge on any atom is 0.413 e. The summed E-state index contributed by atoms with van der Waals surface area (Å²) in [6.45, 7) is 12.5. The molecule has 57 heavy (non-hydrogen) atoms. The second-order valence-corrected chi connectivity index (χ2v) is 16.9. The smallest absolute Gasteiger partial charge is 0.413 e. The van der Waals surface area contributed by atoms with E-state index in [1.807, 2.05) is 0 Å². The number of nitrogens with one attached hydrogen (secondary N) is 3. The number of rotatable bonds is 13. The highest BCUT2D eigenvalue weighted by Gasteiger charge is 2.61. The monoisotopic (exact) mass is 806 g/mol. The van der Waals surface area contributed by atoms with Crippen LogP contribution in [0.25, 0.3) is 22.3 Å². The summed E-state index contributed by atoms with van der Waals surface area (Å²) in [5.41, 5.74) is -0.979. The van der Waals surface area contributed by atoms with Crippen LogP contribution in [0.15, 0.2) is 42.3 Å². The van der Waals surface area contributed by atoms with Crippen LogP contribution in [0, 0.1) is 11.3 Å². The number of aliphatic carboxylic acids is 1. The predicted molar refractivity (Wildman–Crippen MR) is 211 cm³/mol. The van der Waals surface area contributed by atoms with Crippen LogP contribution in [-0.2, 0) is 23.9 Å². The minimum atomic E-state index is -1.54. The largest absolute Gasteiger partial charge is 0.497 e.